The van der Waals surface area contributed by atoms with E-state index in [0.717, 1.165) is 24.0 Å². The van der Waals surface area contributed by atoms with Crippen molar-refractivity contribution in [3.05, 3.63) is 59.2 Å². The molecule has 0 atom stereocenters. The molecule has 0 saturated heterocycles. The van der Waals surface area contributed by atoms with E-state index < -0.39 is 5.91 Å². The zero-order valence-electron chi connectivity index (χ0n) is 15.6. The maximum absolute atomic E-state index is 12.9. The topological polar surface area (TPSA) is 81.9 Å². The van der Waals surface area contributed by atoms with Gasteiger partial charge in [0.15, 0.2) is 11.5 Å². The SMILES string of the molecule is COc1ccc(CC(=O)N(Cc2ccc(C(N)=O)cc2)C2CC2)cc1OC. The lowest BCUT2D eigenvalue weighted by Crippen LogP contribution is -2.33. The average molecular weight is 368 g/mol. The van der Waals surface area contributed by atoms with Crippen LogP contribution in [0.3, 0.4) is 0 Å². The molecule has 0 unspecified atom stereocenters. The molecule has 0 radical (unpaired) electrons. The minimum Gasteiger partial charge on any atom is -0.493 e. The molecule has 3 rings (SSSR count). The maximum atomic E-state index is 12.9. The first-order valence-electron chi connectivity index (χ1n) is 8.91. The monoisotopic (exact) mass is 368 g/mol. The third-order valence-corrected chi connectivity index (χ3v) is 4.70. The van der Waals surface area contributed by atoms with Crippen molar-refractivity contribution >= 4 is 11.8 Å². The van der Waals surface area contributed by atoms with Crippen LogP contribution in [0.1, 0.15) is 34.3 Å². The van der Waals surface area contributed by atoms with Gasteiger partial charge >= 0.3 is 0 Å². The minimum atomic E-state index is -0.454. The zero-order chi connectivity index (χ0) is 19.4. The van der Waals surface area contributed by atoms with E-state index >= 15 is 0 Å². The summed E-state index contributed by atoms with van der Waals surface area (Å²) in [4.78, 5) is 26.0. The first kappa shape index (κ1) is 18.8. The third-order valence-electron chi connectivity index (χ3n) is 4.70. The molecule has 6 heteroatoms. The molecule has 1 aliphatic carbocycles. The van der Waals surface area contributed by atoms with Gasteiger partial charge in [-0.2, -0.15) is 0 Å². The number of ether oxygens (including phenoxy) is 2. The average Bonchev–Trinajstić information content (AvgIpc) is 3.51. The summed E-state index contributed by atoms with van der Waals surface area (Å²) in [5, 5.41) is 0. The number of carbonyl (C=O) groups is 2. The number of nitrogens with zero attached hydrogens (tertiary/aromatic N) is 1. The summed E-state index contributed by atoms with van der Waals surface area (Å²) in [6, 6.07) is 12.9. The van der Waals surface area contributed by atoms with E-state index in [1.54, 1.807) is 26.4 Å². The van der Waals surface area contributed by atoms with Crippen LogP contribution in [0.4, 0.5) is 0 Å². The lowest BCUT2D eigenvalue weighted by molar-refractivity contribution is -0.131. The van der Waals surface area contributed by atoms with Crippen molar-refractivity contribution in [2.75, 3.05) is 14.2 Å². The summed E-state index contributed by atoms with van der Waals surface area (Å²) in [6.07, 6.45) is 2.35. The van der Waals surface area contributed by atoms with Gasteiger partial charge in [0.2, 0.25) is 11.8 Å². The number of hydrogen-bond donors (Lipinski definition) is 1. The molecule has 2 aromatic rings. The summed E-state index contributed by atoms with van der Waals surface area (Å²) in [5.41, 5.74) is 7.61. The van der Waals surface area contributed by atoms with E-state index in [1.807, 2.05) is 35.2 Å². The van der Waals surface area contributed by atoms with Crippen LogP contribution >= 0.6 is 0 Å². The van der Waals surface area contributed by atoms with Crippen molar-refractivity contribution in [1.29, 1.82) is 0 Å². The second-order valence-corrected chi connectivity index (χ2v) is 6.68. The molecule has 2 aromatic carbocycles. The number of rotatable bonds is 8. The van der Waals surface area contributed by atoms with Gasteiger partial charge in [-0.25, -0.2) is 0 Å². The Morgan fingerprint density at radius 3 is 2.19 bits per heavy atom. The Hall–Kier alpha value is -3.02. The van der Waals surface area contributed by atoms with Crippen molar-refractivity contribution < 1.29 is 19.1 Å². The second-order valence-electron chi connectivity index (χ2n) is 6.68. The predicted molar refractivity (Wildman–Crippen MR) is 102 cm³/mol. The van der Waals surface area contributed by atoms with Gasteiger partial charge in [0.1, 0.15) is 0 Å². The van der Waals surface area contributed by atoms with Crippen LogP contribution in [0.5, 0.6) is 11.5 Å². The van der Waals surface area contributed by atoms with Crippen molar-refractivity contribution in [2.45, 2.75) is 31.8 Å². The van der Waals surface area contributed by atoms with Crippen LogP contribution in [-0.4, -0.2) is 37.0 Å². The van der Waals surface area contributed by atoms with E-state index in [1.165, 1.54) is 0 Å². The van der Waals surface area contributed by atoms with Gasteiger partial charge in [-0.3, -0.25) is 9.59 Å². The van der Waals surface area contributed by atoms with Crippen molar-refractivity contribution in [3.63, 3.8) is 0 Å². The van der Waals surface area contributed by atoms with Crippen LogP contribution in [0.2, 0.25) is 0 Å². The third kappa shape index (κ3) is 4.58. The summed E-state index contributed by atoms with van der Waals surface area (Å²) < 4.78 is 10.6. The van der Waals surface area contributed by atoms with Gasteiger partial charge in [-0.05, 0) is 48.2 Å². The molecule has 1 aliphatic rings. The van der Waals surface area contributed by atoms with Gasteiger partial charge in [0, 0.05) is 18.2 Å². The molecule has 142 valence electrons. The van der Waals surface area contributed by atoms with Crippen LogP contribution in [-0.2, 0) is 17.8 Å². The second kappa shape index (κ2) is 8.12. The molecule has 1 saturated carbocycles. The van der Waals surface area contributed by atoms with E-state index in [0.29, 0.717) is 30.0 Å². The highest BCUT2D eigenvalue weighted by Gasteiger charge is 2.32. The number of benzene rings is 2. The fourth-order valence-corrected chi connectivity index (χ4v) is 3.04. The number of primary amides is 1. The lowest BCUT2D eigenvalue weighted by Gasteiger charge is -2.23. The molecular weight excluding hydrogens is 344 g/mol. The van der Waals surface area contributed by atoms with Crippen molar-refractivity contribution in [2.24, 2.45) is 5.73 Å². The largest absolute Gasteiger partial charge is 0.493 e. The van der Waals surface area contributed by atoms with Crippen LogP contribution in [0.15, 0.2) is 42.5 Å². The van der Waals surface area contributed by atoms with Gasteiger partial charge < -0.3 is 20.1 Å². The molecule has 6 nitrogen and oxygen atoms in total. The van der Waals surface area contributed by atoms with Crippen LogP contribution < -0.4 is 15.2 Å². The highest BCUT2D eigenvalue weighted by molar-refractivity contribution is 5.92. The summed E-state index contributed by atoms with van der Waals surface area (Å²) in [5.74, 6) is 0.874. The summed E-state index contributed by atoms with van der Waals surface area (Å²) >= 11 is 0. The summed E-state index contributed by atoms with van der Waals surface area (Å²) in [6.45, 7) is 0.524. The molecule has 27 heavy (non-hydrogen) atoms. The van der Waals surface area contributed by atoms with Crippen molar-refractivity contribution in [1.82, 2.24) is 4.90 Å². The van der Waals surface area contributed by atoms with E-state index in [-0.39, 0.29) is 11.9 Å². The molecule has 2 amide bonds. The Morgan fingerprint density at radius 2 is 1.63 bits per heavy atom. The van der Waals surface area contributed by atoms with Gasteiger partial charge in [0.25, 0.3) is 0 Å². The Balaban J connectivity index is 1.71. The highest BCUT2D eigenvalue weighted by Crippen LogP contribution is 2.31. The van der Waals surface area contributed by atoms with E-state index in [9.17, 15) is 9.59 Å². The molecule has 0 aliphatic heterocycles. The van der Waals surface area contributed by atoms with Gasteiger partial charge in [-0.1, -0.05) is 18.2 Å². The smallest absolute Gasteiger partial charge is 0.248 e. The Labute approximate surface area is 158 Å². The Bertz CT molecular complexity index is 829. The number of amides is 2. The first-order chi connectivity index (χ1) is 13.0. The molecule has 0 heterocycles. The highest BCUT2D eigenvalue weighted by atomic mass is 16.5. The number of hydrogen-bond acceptors (Lipinski definition) is 4. The first-order valence-corrected chi connectivity index (χ1v) is 8.91. The maximum Gasteiger partial charge on any atom is 0.248 e. The predicted octanol–water partition coefficient (Wildman–Crippen LogP) is 2.54. The van der Waals surface area contributed by atoms with Crippen LogP contribution in [0.25, 0.3) is 0 Å². The van der Waals surface area contributed by atoms with E-state index in [2.05, 4.69) is 0 Å². The van der Waals surface area contributed by atoms with Gasteiger partial charge in [-0.15, -0.1) is 0 Å². The standard InChI is InChI=1S/C21H24N2O4/c1-26-18-10-5-15(11-19(18)27-2)12-20(24)23(17-8-9-17)13-14-3-6-16(7-4-14)21(22)25/h3-7,10-11,17H,8-9,12-13H2,1-2H3,(H2,22,25). The number of methoxy groups -OCH3 is 2. The minimum absolute atomic E-state index is 0.0729. The van der Waals surface area contributed by atoms with E-state index in [4.69, 9.17) is 15.2 Å². The number of carbonyl (C=O) groups excluding carboxylic acids is 2. The Morgan fingerprint density at radius 1 is 1.00 bits per heavy atom. The quantitative estimate of drug-likeness (QED) is 0.776. The van der Waals surface area contributed by atoms with Crippen molar-refractivity contribution in [3.8, 4) is 11.5 Å². The molecular formula is C21H24N2O4. The molecule has 2 N–H and O–H groups in total. The van der Waals surface area contributed by atoms with Gasteiger partial charge in [0.05, 0.1) is 20.6 Å². The number of nitrogens with two attached hydrogens (primary N) is 1. The Kier molecular flexibility index (Phi) is 5.64. The zero-order valence-corrected chi connectivity index (χ0v) is 15.6. The molecule has 1 fully saturated rings. The fourth-order valence-electron chi connectivity index (χ4n) is 3.04. The normalized spacial score (nSPS) is 13.1. The van der Waals surface area contributed by atoms with Crippen LogP contribution in [0, 0.1) is 0 Å². The molecule has 0 bridgehead atoms. The molecule has 0 aromatic heterocycles. The summed E-state index contributed by atoms with van der Waals surface area (Å²) in [7, 11) is 3.16. The lowest BCUT2D eigenvalue weighted by atomic mass is 10.1. The molecule has 0 spiro atoms. The fraction of sp³-hybridized carbons (Fsp3) is 0.333.